The molecule has 0 saturated heterocycles. The van der Waals surface area contributed by atoms with Crippen LogP contribution in [0.1, 0.15) is 61.9 Å². The van der Waals surface area contributed by atoms with Crippen LogP contribution in [0.5, 0.6) is 0 Å². The molecule has 0 aliphatic carbocycles. The van der Waals surface area contributed by atoms with Crippen molar-refractivity contribution in [2.75, 3.05) is 44.0 Å². The largest absolute Gasteiger partial charge is 0.462 e. The quantitative estimate of drug-likeness (QED) is 0.360. The number of nitrogens with one attached hydrogen (secondary N) is 1. The van der Waals surface area contributed by atoms with Crippen molar-refractivity contribution in [3.05, 3.63) is 53.6 Å². The van der Waals surface area contributed by atoms with Gasteiger partial charge in [0.15, 0.2) is 0 Å². The van der Waals surface area contributed by atoms with Crippen LogP contribution >= 0.6 is 0 Å². The van der Waals surface area contributed by atoms with Gasteiger partial charge in [-0.3, -0.25) is 14.6 Å². The van der Waals surface area contributed by atoms with Gasteiger partial charge in [0.25, 0.3) is 0 Å². The number of esters is 1. The van der Waals surface area contributed by atoms with Crippen LogP contribution in [0.15, 0.2) is 47.5 Å². The Morgan fingerprint density at radius 3 is 2.39 bits per heavy atom. The highest BCUT2D eigenvalue weighted by atomic mass is 16.5. The van der Waals surface area contributed by atoms with Gasteiger partial charge >= 0.3 is 5.97 Å². The van der Waals surface area contributed by atoms with E-state index in [0.717, 1.165) is 42.0 Å². The predicted molar refractivity (Wildman–Crippen MR) is 143 cm³/mol. The summed E-state index contributed by atoms with van der Waals surface area (Å²) in [7, 11) is 4.03. The Hall–Kier alpha value is -3.52. The van der Waals surface area contributed by atoms with Gasteiger partial charge in [0, 0.05) is 30.6 Å². The number of nitrogens with zero attached hydrogens (tertiary/aromatic N) is 3. The Balaban J connectivity index is 1.85. The molecule has 1 aliphatic heterocycles. The molecule has 8 heteroatoms. The fourth-order valence-electron chi connectivity index (χ4n) is 4.34. The van der Waals surface area contributed by atoms with Crippen molar-refractivity contribution < 1.29 is 19.1 Å². The van der Waals surface area contributed by atoms with Crippen molar-refractivity contribution in [1.82, 2.24) is 4.90 Å². The predicted octanol–water partition coefficient (Wildman–Crippen LogP) is 4.78. The van der Waals surface area contributed by atoms with Gasteiger partial charge in [-0.1, -0.05) is 19.4 Å². The van der Waals surface area contributed by atoms with Crippen molar-refractivity contribution >= 4 is 40.6 Å². The number of anilines is 2. The Kier molecular flexibility index (Phi) is 9.36. The highest BCUT2D eigenvalue weighted by Gasteiger charge is 2.34. The van der Waals surface area contributed by atoms with Crippen LogP contribution in [0.4, 0.5) is 17.1 Å². The molecule has 192 valence electrons. The second-order valence-corrected chi connectivity index (χ2v) is 9.14. The number of carbonyl (C=O) groups is 3. The lowest BCUT2D eigenvalue weighted by Gasteiger charge is -2.22. The topological polar surface area (TPSA) is 91.3 Å². The molecule has 2 aromatic carbocycles. The highest BCUT2D eigenvalue weighted by molar-refractivity contribution is 6.19. The first-order valence-electron chi connectivity index (χ1n) is 12.5. The summed E-state index contributed by atoms with van der Waals surface area (Å²) in [6.45, 7) is 7.21. The second-order valence-electron chi connectivity index (χ2n) is 9.14. The third-order valence-corrected chi connectivity index (χ3v) is 6.04. The minimum absolute atomic E-state index is 0.00176. The molecule has 3 rings (SSSR count). The van der Waals surface area contributed by atoms with E-state index in [1.165, 1.54) is 0 Å². The molecule has 0 radical (unpaired) electrons. The van der Waals surface area contributed by atoms with Crippen LogP contribution in [-0.4, -0.2) is 62.2 Å². The van der Waals surface area contributed by atoms with Crippen molar-refractivity contribution in [2.45, 2.75) is 46.0 Å². The Bertz CT molecular complexity index is 1120. The van der Waals surface area contributed by atoms with E-state index in [9.17, 15) is 14.4 Å². The summed E-state index contributed by atoms with van der Waals surface area (Å²) in [6, 6.07) is 12.7. The number of carbonyl (C=O) groups excluding carboxylic acids is 3. The van der Waals surface area contributed by atoms with E-state index in [-0.39, 0.29) is 18.4 Å². The maximum absolute atomic E-state index is 13.0. The average molecular weight is 493 g/mol. The smallest absolute Gasteiger partial charge is 0.338 e. The van der Waals surface area contributed by atoms with E-state index < -0.39 is 11.9 Å². The molecule has 1 aliphatic rings. The van der Waals surface area contributed by atoms with Crippen LogP contribution in [0.2, 0.25) is 0 Å². The normalized spacial score (nSPS) is 15.0. The fourth-order valence-corrected chi connectivity index (χ4v) is 4.34. The van der Waals surface area contributed by atoms with Crippen molar-refractivity contribution in [2.24, 2.45) is 4.99 Å². The molecule has 2 amide bonds. The number of benzene rings is 2. The molecular weight excluding hydrogens is 456 g/mol. The Morgan fingerprint density at radius 2 is 1.78 bits per heavy atom. The molecule has 2 aromatic rings. The summed E-state index contributed by atoms with van der Waals surface area (Å²) in [5.41, 5.74) is 4.14. The molecular formula is C28H36N4O4. The Morgan fingerprint density at radius 1 is 1.06 bits per heavy atom. The first-order chi connectivity index (χ1) is 17.2. The van der Waals surface area contributed by atoms with Crippen LogP contribution in [0, 0.1) is 0 Å². The molecule has 0 fully saturated rings. The SMILES string of the molecule is CCCC(=Nc1ccc(N(CCCN(C)C)C(C)=O)cc1)C1C(=O)Nc2cc(C(=O)OCC)ccc21. The summed E-state index contributed by atoms with van der Waals surface area (Å²) in [4.78, 5) is 46.0. The van der Waals surface area contributed by atoms with Crippen molar-refractivity contribution in [1.29, 1.82) is 0 Å². The zero-order valence-corrected chi connectivity index (χ0v) is 21.8. The van der Waals surface area contributed by atoms with Crippen LogP contribution in [-0.2, 0) is 14.3 Å². The van der Waals surface area contributed by atoms with Gasteiger partial charge in [-0.05, 0) is 82.4 Å². The first kappa shape index (κ1) is 27.1. The summed E-state index contributed by atoms with van der Waals surface area (Å²) < 4.78 is 5.08. The minimum atomic E-state index is -0.518. The van der Waals surface area contributed by atoms with E-state index in [1.54, 1.807) is 36.9 Å². The van der Waals surface area contributed by atoms with Crippen LogP contribution < -0.4 is 10.2 Å². The standard InChI is InChI=1S/C28H36N4O4/c1-6-9-24(26-23-15-10-20(28(35)36-7-2)18-25(23)30-27(26)34)29-21-11-13-22(14-12-21)32(19(3)33)17-8-16-31(4)5/h10-15,18,26H,6-9,16-17H2,1-5H3,(H,30,34). The van der Waals surface area contributed by atoms with E-state index in [0.29, 0.717) is 24.2 Å². The summed E-state index contributed by atoms with van der Waals surface area (Å²) in [6.07, 6.45) is 2.37. The molecule has 1 heterocycles. The van der Waals surface area contributed by atoms with Crippen molar-refractivity contribution in [3.8, 4) is 0 Å². The maximum atomic E-state index is 13.0. The molecule has 0 aromatic heterocycles. The van der Waals surface area contributed by atoms with Gasteiger partial charge in [-0.2, -0.15) is 0 Å². The Labute approximate surface area is 213 Å². The number of aliphatic imine (C=N–C) groups is 1. The zero-order chi connectivity index (χ0) is 26.2. The van der Waals surface area contributed by atoms with Gasteiger partial charge in [-0.25, -0.2) is 4.79 Å². The van der Waals surface area contributed by atoms with Gasteiger partial charge < -0.3 is 19.9 Å². The number of fused-ring (bicyclic) bond motifs is 1. The van der Waals surface area contributed by atoms with Gasteiger partial charge in [-0.15, -0.1) is 0 Å². The lowest BCUT2D eigenvalue weighted by Crippen LogP contribution is -2.31. The van der Waals surface area contributed by atoms with E-state index >= 15 is 0 Å². The first-order valence-corrected chi connectivity index (χ1v) is 12.5. The van der Waals surface area contributed by atoms with E-state index in [1.807, 2.05) is 38.4 Å². The summed E-state index contributed by atoms with van der Waals surface area (Å²) in [5.74, 6) is -1.09. The summed E-state index contributed by atoms with van der Waals surface area (Å²) in [5, 5.41) is 2.90. The van der Waals surface area contributed by atoms with Gasteiger partial charge in [0.2, 0.25) is 11.8 Å². The minimum Gasteiger partial charge on any atom is -0.462 e. The highest BCUT2D eigenvalue weighted by Crippen LogP contribution is 2.36. The fraction of sp³-hybridized carbons (Fsp3) is 0.429. The molecule has 0 saturated carbocycles. The number of amides is 2. The zero-order valence-electron chi connectivity index (χ0n) is 21.8. The second kappa shape index (κ2) is 12.4. The van der Waals surface area contributed by atoms with E-state index in [2.05, 4.69) is 17.1 Å². The average Bonchev–Trinajstić information content (AvgIpc) is 3.16. The number of ether oxygens (including phenoxy) is 1. The molecule has 36 heavy (non-hydrogen) atoms. The molecule has 0 spiro atoms. The molecule has 1 atom stereocenters. The van der Waals surface area contributed by atoms with Crippen LogP contribution in [0.25, 0.3) is 0 Å². The molecule has 8 nitrogen and oxygen atoms in total. The molecule has 0 bridgehead atoms. The van der Waals surface area contributed by atoms with Crippen LogP contribution in [0.3, 0.4) is 0 Å². The third kappa shape index (κ3) is 6.57. The lowest BCUT2D eigenvalue weighted by atomic mass is 9.92. The number of rotatable bonds is 11. The van der Waals surface area contributed by atoms with Gasteiger partial charge in [0.1, 0.15) is 5.92 Å². The van der Waals surface area contributed by atoms with E-state index in [4.69, 9.17) is 9.73 Å². The number of hydrogen-bond acceptors (Lipinski definition) is 6. The molecule has 1 N–H and O–H groups in total. The van der Waals surface area contributed by atoms with Gasteiger partial charge in [0.05, 0.1) is 17.9 Å². The number of hydrogen-bond donors (Lipinski definition) is 1. The monoisotopic (exact) mass is 492 g/mol. The molecule has 1 unspecified atom stereocenters. The lowest BCUT2D eigenvalue weighted by molar-refractivity contribution is -0.117. The van der Waals surface area contributed by atoms with Crippen molar-refractivity contribution in [3.63, 3.8) is 0 Å². The maximum Gasteiger partial charge on any atom is 0.338 e. The summed E-state index contributed by atoms with van der Waals surface area (Å²) >= 11 is 0. The third-order valence-electron chi connectivity index (χ3n) is 6.04.